The minimum absolute atomic E-state index is 0.108. The van der Waals surface area contributed by atoms with E-state index in [2.05, 4.69) is 22.3 Å². The van der Waals surface area contributed by atoms with Crippen molar-refractivity contribution in [3.05, 3.63) is 53.6 Å². The summed E-state index contributed by atoms with van der Waals surface area (Å²) in [4.78, 5) is 17.4. The molecule has 33 heavy (non-hydrogen) atoms. The Labute approximate surface area is 196 Å². The Morgan fingerprint density at radius 3 is 2.58 bits per heavy atom. The van der Waals surface area contributed by atoms with E-state index in [4.69, 9.17) is 4.74 Å². The van der Waals surface area contributed by atoms with Gasteiger partial charge < -0.3 is 10.1 Å². The van der Waals surface area contributed by atoms with E-state index in [1.165, 1.54) is 24.0 Å². The van der Waals surface area contributed by atoms with Gasteiger partial charge in [-0.1, -0.05) is 12.1 Å². The Kier molecular flexibility index (Phi) is 6.92. The van der Waals surface area contributed by atoms with E-state index in [0.717, 1.165) is 49.5 Å². The van der Waals surface area contributed by atoms with Gasteiger partial charge in [0.2, 0.25) is 10.0 Å². The molecule has 9 heteroatoms. The van der Waals surface area contributed by atoms with Crippen LogP contribution in [0.1, 0.15) is 24.0 Å². The number of ether oxygens (including phenoxy) is 1. The molecule has 8 nitrogen and oxygen atoms in total. The van der Waals surface area contributed by atoms with Crippen LogP contribution in [-0.4, -0.2) is 70.5 Å². The zero-order valence-corrected chi connectivity index (χ0v) is 20.3. The molecule has 0 aromatic heterocycles. The Morgan fingerprint density at radius 1 is 1.12 bits per heavy atom. The van der Waals surface area contributed by atoms with Crippen molar-refractivity contribution in [3.8, 4) is 5.75 Å². The summed E-state index contributed by atoms with van der Waals surface area (Å²) in [6.07, 6.45) is 2.45. The second-order valence-electron chi connectivity index (χ2n) is 8.83. The minimum Gasteiger partial charge on any atom is -0.497 e. The molecule has 0 unspecified atom stereocenters. The fourth-order valence-electron chi connectivity index (χ4n) is 4.48. The smallest absolute Gasteiger partial charge is 0.322 e. The molecule has 0 radical (unpaired) electrons. The second kappa shape index (κ2) is 9.70. The maximum atomic E-state index is 13.0. The quantitative estimate of drug-likeness (QED) is 0.699. The molecule has 2 heterocycles. The van der Waals surface area contributed by atoms with Gasteiger partial charge in [-0.2, -0.15) is 0 Å². The number of benzene rings is 2. The van der Waals surface area contributed by atoms with Gasteiger partial charge in [0.1, 0.15) is 5.75 Å². The third-order valence-corrected chi connectivity index (χ3v) is 8.24. The number of hydrogen-bond donors (Lipinski definition) is 1. The first-order valence-electron chi connectivity index (χ1n) is 11.3. The van der Waals surface area contributed by atoms with Gasteiger partial charge in [-0.3, -0.25) is 9.80 Å². The zero-order chi connectivity index (χ0) is 23.6. The van der Waals surface area contributed by atoms with Crippen LogP contribution in [0.3, 0.4) is 0 Å². The molecular weight excluding hydrogens is 440 g/mol. The first kappa shape index (κ1) is 23.5. The summed E-state index contributed by atoms with van der Waals surface area (Å²) in [7, 11) is 1.23. The number of anilines is 1. The summed E-state index contributed by atoms with van der Waals surface area (Å²) in [6, 6.07) is 13.2. The van der Waals surface area contributed by atoms with Gasteiger partial charge >= 0.3 is 6.03 Å². The number of carbonyl (C=O) groups excluding carboxylic acids is 1. The number of sulfonamides is 1. The lowest BCUT2D eigenvalue weighted by atomic mass is 10.0. The fourth-order valence-corrected chi connectivity index (χ4v) is 5.43. The molecule has 4 rings (SSSR count). The van der Waals surface area contributed by atoms with Crippen LogP contribution in [0.25, 0.3) is 0 Å². The van der Waals surface area contributed by atoms with Gasteiger partial charge in [0.15, 0.2) is 0 Å². The van der Waals surface area contributed by atoms with E-state index < -0.39 is 10.0 Å². The molecule has 0 aliphatic carbocycles. The van der Waals surface area contributed by atoms with E-state index in [0.29, 0.717) is 13.0 Å². The predicted molar refractivity (Wildman–Crippen MR) is 128 cm³/mol. The average molecular weight is 473 g/mol. The normalized spacial score (nSPS) is 17.3. The summed E-state index contributed by atoms with van der Waals surface area (Å²) in [5, 5.41) is 3.18. The number of methoxy groups -OCH3 is 1. The molecule has 1 saturated heterocycles. The Morgan fingerprint density at radius 2 is 1.88 bits per heavy atom. The first-order valence-corrected chi connectivity index (χ1v) is 12.7. The van der Waals surface area contributed by atoms with Crippen LogP contribution in [0.15, 0.2) is 47.4 Å². The molecule has 2 aromatic carbocycles. The highest BCUT2D eigenvalue weighted by molar-refractivity contribution is 7.89. The van der Waals surface area contributed by atoms with Gasteiger partial charge in [0.05, 0.1) is 12.0 Å². The number of carbonyl (C=O) groups is 1. The number of piperidine rings is 1. The van der Waals surface area contributed by atoms with Crippen LogP contribution in [0.2, 0.25) is 0 Å². The van der Waals surface area contributed by atoms with Crippen molar-refractivity contribution in [3.63, 3.8) is 0 Å². The minimum atomic E-state index is -3.49. The summed E-state index contributed by atoms with van der Waals surface area (Å²) >= 11 is 0. The molecule has 0 bridgehead atoms. The van der Waals surface area contributed by atoms with Crippen molar-refractivity contribution in [2.45, 2.75) is 36.7 Å². The first-order chi connectivity index (χ1) is 15.8. The van der Waals surface area contributed by atoms with Gasteiger partial charge in [0, 0.05) is 52.0 Å². The van der Waals surface area contributed by atoms with Crippen molar-refractivity contribution >= 4 is 21.7 Å². The lowest BCUT2D eigenvalue weighted by molar-refractivity contribution is 0.188. The van der Waals surface area contributed by atoms with Gasteiger partial charge in [-0.15, -0.1) is 0 Å². The number of rotatable bonds is 6. The summed E-state index contributed by atoms with van der Waals surface area (Å²) in [6.45, 7) is 3.27. The fraction of sp³-hybridized carbons (Fsp3) is 0.458. The molecule has 2 amide bonds. The Hall–Kier alpha value is -2.62. The van der Waals surface area contributed by atoms with E-state index in [1.54, 1.807) is 30.2 Å². The lowest BCUT2D eigenvalue weighted by Crippen LogP contribution is -2.48. The molecule has 0 saturated carbocycles. The second-order valence-corrected chi connectivity index (χ2v) is 11.0. The van der Waals surface area contributed by atoms with Crippen molar-refractivity contribution in [2.75, 3.05) is 45.7 Å². The molecule has 0 atom stereocenters. The molecule has 2 aliphatic heterocycles. The SMILES string of the molecule is COc1cccc(CN2CCC(NC(=O)N3CCc4cc(S(=O)(=O)N(C)C)ccc43)CC2)c1. The number of likely N-dealkylation sites (tertiary alicyclic amines) is 1. The number of nitrogens with one attached hydrogen (secondary N) is 1. The Balaban J connectivity index is 1.32. The van der Waals surface area contributed by atoms with E-state index in [1.807, 2.05) is 12.1 Å². The van der Waals surface area contributed by atoms with Crippen molar-refractivity contribution in [1.82, 2.24) is 14.5 Å². The van der Waals surface area contributed by atoms with E-state index in [-0.39, 0.29) is 17.0 Å². The predicted octanol–water partition coefficient (Wildman–Crippen LogP) is 2.68. The molecule has 1 fully saturated rings. The summed E-state index contributed by atoms with van der Waals surface area (Å²) < 4.78 is 31.3. The van der Waals surface area contributed by atoms with E-state index in [9.17, 15) is 13.2 Å². The highest BCUT2D eigenvalue weighted by Crippen LogP contribution is 2.31. The van der Waals surface area contributed by atoms with Gasteiger partial charge in [-0.05, 0) is 60.7 Å². The Bertz CT molecular complexity index is 1110. The topological polar surface area (TPSA) is 82.2 Å². The third-order valence-electron chi connectivity index (χ3n) is 6.43. The van der Waals surface area contributed by atoms with Crippen molar-refractivity contribution < 1.29 is 17.9 Å². The van der Waals surface area contributed by atoms with Gasteiger partial charge in [0.25, 0.3) is 0 Å². The highest BCUT2D eigenvalue weighted by atomic mass is 32.2. The molecule has 0 spiro atoms. The standard InChI is InChI=1S/C24H32N4O4S/c1-26(2)33(30,31)22-7-8-23-19(16-22)9-14-28(23)24(29)25-20-10-12-27(13-11-20)17-18-5-4-6-21(15-18)32-3/h4-8,15-16,20H,9-14,17H2,1-3H3,(H,25,29). The van der Waals surface area contributed by atoms with Crippen LogP contribution in [0, 0.1) is 0 Å². The summed E-state index contributed by atoms with van der Waals surface area (Å²) in [5.74, 6) is 0.868. The van der Waals surface area contributed by atoms with Crippen LogP contribution in [-0.2, 0) is 23.0 Å². The number of nitrogens with zero attached hydrogens (tertiary/aromatic N) is 3. The lowest BCUT2D eigenvalue weighted by Gasteiger charge is -2.33. The monoisotopic (exact) mass is 472 g/mol. The molecule has 2 aromatic rings. The van der Waals surface area contributed by atoms with Crippen LogP contribution in [0.4, 0.5) is 10.5 Å². The summed E-state index contributed by atoms with van der Waals surface area (Å²) in [5.41, 5.74) is 2.91. The maximum absolute atomic E-state index is 13.0. The number of hydrogen-bond acceptors (Lipinski definition) is 5. The van der Waals surface area contributed by atoms with Crippen LogP contribution < -0.4 is 15.0 Å². The number of urea groups is 1. The van der Waals surface area contributed by atoms with Crippen LogP contribution >= 0.6 is 0 Å². The van der Waals surface area contributed by atoms with Crippen molar-refractivity contribution in [2.24, 2.45) is 0 Å². The van der Waals surface area contributed by atoms with Gasteiger partial charge in [-0.25, -0.2) is 17.5 Å². The largest absolute Gasteiger partial charge is 0.497 e. The molecule has 1 N–H and O–H groups in total. The van der Waals surface area contributed by atoms with Crippen molar-refractivity contribution in [1.29, 1.82) is 0 Å². The highest BCUT2D eigenvalue weighted by Gasteiger charge is 2.29. The zero-order valence-electron chi connectivity index (χ0n) is 19.5. The molecular formula is C24H32N4O4S. The number of amides is 2. The van der Waals surface area contributed by atoms with E-state index >= 15 is 0 Å². The van der Waals surface area contributed by atoms with Crippen LogP contribution in [0.5, 0.6) is 5.75 Å². The number of fused-ring (bicyclic) bond motifs is 1. The maximum Gasteiger partial charge on any atom is 0.322 e. The molecule has 178 valence electrons. The third kappa shape index (κ3) is 5.15. The molecule has 2 aliphatic rings. The average Bonchev–Trinajstić information content (AvgIpc) is 3.24.